The van der Waals surface area contributed by atoms with Gasteiger partial charge in [-0.1, -0.05) is 24.3 Å². The fourth-order valence-corrected chi connectivity index (χ4v) is 3.54. The maximum atomic E-state index is 12.5. The number of carbonyl (C=O) groups excluding carboxylic acids is 1. The lowest BCUT2D eigenvalue weighted by Crippen LogP contribution is -2.17. The molecule has 30 heavy (non-hydrogen) atoms. The van der Waals surface area contributed by atoms with Crippen LogP contribution in [0, 0.1) is 20.8 Å². The molecule has 2 aromatic carbocycles. The van der Waals surface area contributed by atoms with Crippen molar-refractivity contribution in [2.24, 2.45) is 5.10 Å². The molecule has 0 aliphatic heterocycles. The topological polar surface area (TPSA) is 79.5 Å². The van der Waals surface area contributed by atoms with Crippen molar-refractivity contribution in [2.45, 2.75) is 20.8 Å². The van der Waals surface area contributed by atoms with Gasteiger partial charge < -0.3 is 9.67 Å². The van der Waals surface area contributed by atoms with Crippen LogP contribution in [-0.4, -0.2) is 26.8 Å². The lowest BCUT2D eigenvalue weighted by molar-refractivity contribution is 0.0952. The van der Waals surface area contributed by atoms with Gasteiger partial charge in [-0.2, -0.15) is 5.10 Å². The lowest BCUT2D eigenvalue weighted by Gasteiger charge is -2.09. The Balaban J connectivity index is 1.56. The number of phenols is 1. The average molecular weight is 398 g/mol. The molecule has 0 atom stereocenters. The molecule has 0 bridgehead atoms. The van der Waals surface area contributed by atoms with Crippen molar-refractivity contribution in [2.75, 3.05) is 0 Å². The third kappa shape index (κ3) is 3.67. The van der Waals surface area contributed by atoms with E-state index in [9.17, 15) is 9.90 Å². The summed E-state index contributed by atoms with van der Waals surface area (Å²) in [4.78, 5) is 17.0. The molecule has 0 saturated heterocycles. The zero-order valence-electron chi connectivity index (χ0n) is 17.0. The molecule has 2 aromatic heterocycles. The van der Waals surface area contributed by atoms with Crippen LogP contribution in [-0.2, 0) is 0 Å². The summed E-state index contributed by atoms with van der Waals surface area (Å²) in [5.41, 5.74) is 6.68. The summed E-state index contributed by atoms with van der Waals surface area (Å²) >= 11 is 0. The predicted molar refractivity (Wildman–Crippen MR) is 118 cm³/mol. The Morgan fingerprint density at radius 1 is 1.07 bits per heavy atom. The molecule has 6 heteroatoms. The maximum absolute atomic E-state index is 12.5. The number of phenolic OH excluding ortho intramolecular Hbond substituents is 1. The van der Waals surface area contributed by atoms with Crippen molar-refractivity contribution in [1.29, 1.82) is 0 Å². The minimum atomic E-state index is -0.469. The SMILES string of the molecule is Cc1ccnc(-n2c(C)cc(C=NNC(=O)c3cc4ccccc4cc3O)c2C)c1. The van der Waals surface area contributed by atoms with E-state index in [1.165, 1.54) is 0 Å². The average Bonchev–Trinajstić information content (AvgIpc) is 3.00. The van der Waals surface area contributed by atoms with Crippen molar-refractivity contribution in [3.63, 3.8) is 0 Å². The van der Waals surface area contributed by atoms with Gasteiger partial charge in [0.25, 0.3) is 5.91 Å². The Labute approximate surface area is 174 Å². The number of nitrogens with zero attached hydrogens (tertiary/aromatic N) is 3. The molecular formula is C24H22N4O2. The highest BCUT2D eigenvalue weighted by molar-refractivity contribution is 6.01. The summed E-state index contributed by atoms with van der Waals surface area (Å²) in [5, 5.41) is 16.0. The summed E-state index contributed by atoms with van der Waals surface area (Å²) in [6, 6.07) is 16.7. The molecule has 0 spiro atoms. The number of rotatable bonds is 4. The van der Waals surface area contributed by atoms with Gasteiger partial charge >= 0.3 is 0 Å². The summed E-state index contributed by atoms with van der Waals surface area (Å²) in [6.07, 6.45) is 3.39. The Bertz CT molecular complexity index is 1290. The first-order valence-corrected chi connectivity index (χ1v) is 9.61. The third-order valence-electron chi connectivity index (χ3n) is 5.08. The number of aromatic hydroxyl groups is 1. The number of pyridine rings is 1. The molecule has 6 nitrogen and oxygen atoms in total. The highest BCUT2D eigenvalue weighted by Crippen LogP contribution is 2.25. The van der Waals surface area contributed by atoms with Crippen molar-refractivity contribution in [3.8, 4) is 11.6 Å². The van der Waals surface area contributed by atoms with E-state index in [-0.39, 0.29) is 11.3 Å². The summed E-state index contributed by atoms with van der Waals surface area (Å²) in [7, 11) is 0. The van der Waals surface area contributed by atoms with E-state index in [0.29, 0.717) is 0 Å². The van der Waals surface area contributed by atoms with Gasteiger partial charge in [0, 0.05) is 23.1 Å². The van der Waals surface area contributed by atoms with Crippen LogP contribution in [0.1, 0.15) is 32.9 Å². The number of nitrogens with one attached hydrogen (secondary N) is 1. The molecule has 0 aliphatic carbocycles. The molecule has 0 aliphatic rings. The van der Waals surface area contributed by atoms with E-state index in [1.54, 1.807) is 24.5 Å². The van der Waals surface area contributed by atoms with Gasteiger partial charge in [0.1, 0.15) is 11.6 Å². The van der Waals surface area contributed by atoms with Gasteiger partial charge in [-0.05, 0) is 67.4 Å². The van der Waals surface area contributed by atoms with Crippen molar-refractivity contribution in [1.82, 2.24) is 15.0 Å². The molecule has 150 valence electrons. The van der Waals surface area contributed by atoms with Crippen LogP contribution >= 0.6 is 0 Å². The van der Waals surface area contributed by atoms with Crippen LogP contribution in [0.15, 0.2) is 65.9 Å². The number of amides is 1. The second-order valence-electron chi connectivity index (χ2n) is 7.27. The maximum Gasteiger partial charge on any atom is 0.275 e. The van der Waals surface area contributed by atoms with Gasteiger partial charge in [-0.25, -0.2) is 10.4 Å². The monoisotopic (exact) mass is 398 g/mol. The zero-order valence-corrected chi connectivity index (χ0v) is 17.0. The summed E-state index contributed by atoms with van der Waals surface area (Å²) < 4.78 is 2.05. The first-order chi connectivity index (χ1) is 14.4. The molecule has 4 aromatic rings. The van der Waals surface area contributed by atoms with Crippen molar-refractivity contribution >= 4 is 22.9 Å². The number of carbonyl (C=O) groups is 1. The number of fused-ring (bicyclic) bond motifs is 1. The largest absolute Gasteiger partial charge is 0.507 e. The van der Waals surface area contributed by atoms with E-state index in [2.05, 4.69) is 15.5 Å². The predicted octanol–water partition coefficient (Wildman–Crippen LogP) is 4.42. The van der Waals surface area contributed by atoms with Crippen molar-refractivity contribution < 1.29 is 9.90 Å². The zero-order chi connectivity index (χ0) is 21.3. The van der Waals surface area contributed by atoms with Gasteiger partial charge in [-0.15, -0.1) is 0 Å². The smallest absolute Gasteiger partial charge is 0.275 e. The molecule has 1 amide bonds. The van der Waals surface area contributed by atoms with Crippen LogP contribution in [0.5, 0.6) is 5.75 Å². The Hall–Kier alpha value is -3.93. The van der Waals surface area contributed by atoms with Gasteiger partial charge in [0.15, 0.2) is 0 Å². The second-order valence-corrected chi connectivity index (χ2v) is 7.27. The lowest BCUT2D eigenvalue weighted by atomic mass is 10.1. The number of aryl methyl sites for hydroxylation is 2. The molecule has 4 rings (SSSR count). The number of hydrogen-bond donors (Lipinski definition) is 2. The summed E-state index contributed by atoms with van der Waals surface area (Å²) in [5.74, 6) is 0.295. The Morgan fingerprint density at radius 3 is 2.53 bits per heavy atom. The molecule has 0 saturated carbocycles. The third-order valence-corrected chi connectivity index (χ3v) is 5.08. The van der Waals surface area contributed by atoms with E-state index in [1.807, 2.05) is 67.8 Å². The van der Waals surface area contributed by atoms with Gasteiger partial charge in [-0.3, -0.25) is 4.79 Å². The number of hydrazone groups is 1. The first-order valence-electron chi connectivity index (χ1n) is 9.61. The normalized spacial score (nSPS) is 11.3. The Morgan fingerprint density at radius 2 is 1.80 bits per heavy atom. The fraction of sp³-hybridized carbons (Fsp3) is 0.125. The van der Waals surface area contributed by atoms with Crippen LogP contribution in [0.4, 0.5) is 0 Å². The number of aromatic nitrogens is 2. The molecule has 0 unspecified atom stereocenters. The van der Waals surface area contributed by atoms with Crippen LogP contribution in [0.2, 0.25) is 0 Å². The fourth-order valence-electron chi connectivity index (χ4n) is 3.54. The molecular weight excluding hydrogens is 376 g/mol. The minimum absolute atomic E-state index is 0.0786. The van der Waals surface area contributed by atoms with E-state index in [0.717, 1.165) is 39.1 Å². The minimum Gasteiger partial charge on any atom is -0.507 e. The number of hydrogen-bond acceptors (Lipinski definition) is 4. The number of benzene rings is 2. The standard InChI is InChI=1S/C24H22N4O2/c1-15-8-9-25-23(10-15)28-16(2)11-20(17(28)3)14-26-27-24(30)21-12-18-6-4-5-7-19(18)13-22(21)29/h4-14,29H,1-3H3,(H,27,30). The van der Waals surface area contributed by atoms with Crippen LogP contribution < -0.4 is 5.43 Å². The van der Waals surface area contributed by atoms with E-state index < -0.39 is 5.91 Å². The summed E-state index contributed by atoms with van der Waals surface area (Å²) in [6.45, 7) is 6.01. The van der Waals surface area contributed by atoms with Crippen molar-refractivity contribution in [3.05, 3.63) is 88.9 Å². The Kier molecular flexibility index (Phi) is 5.06. The highest BCUT2D eigenvalue weighted by Gasteiger charge is 2.13. The quantitative estimate of drug-likeness (QED) is 0.394. The molecule has 2 N–H and O–H groups in total. The van der Waals surface area contributed by atoms with Crippen LogP contribution in [0.3, 0.4) is 0 Å². The van der Waals surface area contributed by atoms with Crippen LogP contribution in [0.25, 0.3) is 16.6 Å². The molecule has 2 heterocycles. The molecule has 0 fully saturated rings. The van der Waals surface area contributed by atoms with E-state index >= 15 is 0 Å². The van der Waals surface area contributed by atoms with Gasteiger partial charge in [0.2, 0.25) is 0 Å². The van der Waals surface area contributed by atoms with Gasteiger partial charge in [0.05, 0.1) is 11.8 Å². The second kappa shape index (κ2) is 7.83. The molecule has 0 radical (unpaired) electrons. The highest BCUT2D eigenvalue weighted by atomic mass is 16.3. The first kappa shape index (κ1) is 19.4. The van der Waals surface area contributed by atoms with E-state index in [4.69, 9.17) is 0 Å².